The summed E-state index contributed by atoms with van der Waals surface area (Å²) in [6, 6.07) is 7.31. The minimum absolute atomic E-state index is 0.257. The minimum atomic E-state index is 0.257. The molecular weight excluding hydrogens is 210 g/mol. The zero-order valence-electron chi connectivity index (χ0n) is 9.04. The van der Waals surface area contributed by atoms with Crippen molar-refractivity contribution in [3.05, 3.63) is 29.8 Å². The van der Waals surface area contributed by atoms with Gasteiger partial charge in [-0.3, -0.25) is 0 Å². The molecule has 0 fully saturated rings. The number of phenolic OH excluding ortho intramolecular Hbond substituents is 1. The predicted octanol–water partition coefficient (Wildman–Crippen LogP) is 2.89. The highest BCUT2D eigenvalue weighted by Crippen LogP contribution is 2.10. The summed E-state index contributed by atoms with van der Waals surface area (Å²) in [5.41, 5.74) is 1.11. The van der Waals surface area contributed by atoms with Crippen molar-refractivity contribution in [3.8, 4) is 5.75 Å². The highest BCUT2D eigenvalue weighted by Gasteiger charge is 1.96. The highest BCUT2D eigenvalue weighted by atomic mass is 35.5. The van der Waals surface area contributed by atoms with Crippen LogP contribution in [0, 0.1) is 0 Å². The topological polar surface area (TPSA) is 32.3 Å². The van der Waals surface area contributed by atoms with Crippen LogP contribution in [-0.4, -0.2) is 17.0 Å². The molecule has 0 saturated carbocycles. The van der Waals surface area contributed by atoms with Crippen LogP contribution in [0.1, 0.15) is 25.3 Å². The molecule has 2 N–H and O–H groups in total. The Morgan fingerprint density at radius 2 is 2.27 bits per heavy atom. The van der Waals surface area contributed by atoms with Crippen molar-refractivity contribution < 1.29 is 5.11 Å². The van der Waals surface area contributed by atoms with Crippen LogP contribution < -0.4 is 5.32 Å². The molecule has 15 heavy (non-hydrogen) atoms. The van der Waals surface area contributed by atoms with Gasteiger partial charge in [0.25, 0.3) is 0 Å². The van der Waals surface area contributed by atoms with E-state index in [1.807, 2.05) is 19.1 Å². The third-order valence-electron chi connectivity index (χ3n) is 2.20. The average Bonchev–Trinajstić information content (AvgIpc) is 2.17. The number of alkyl halides is 1. The zero-order valence-corrected chi connectivity index (χ0v) is 9.80. The van der Waals surface area contributed by atoms with E-state index in [0.29, 0.717) is 5.75 Å². The molecular formula is C12H18ClNO. The summed E-state index contributed by atoms with van der Waals surface area (Å²) < 4.78 is 0. The Morgan fingerprint density at radius 1 is 1.47 bits per heavy atom. The maximum absolute atomic E-state index is 9.24. The highest BCUT2D eigenvalue weighted by molar-refractivity contribution is 6.20. The van der Waals surface area contributed by atoms with E-state index in [4.69, 9.17) is 11.6 Å². The largest absolute Gasteiger partial charge is 0.508 e. The lowest BCUT2D eigenvalue weighted by atomic mass is 10.2. The number of hydrogen-bond donors (Lipinski definition) is 2. The number of nitrogens with one attached hydrogen (secondary N) is 1. The van der Waals surface area contributed by atoms with E-state index < -0.39 is 0 Å². The van der Waals surface area contributed by atoms with Gasteiger partial charge in [0.2, 0.25) is 0 Å². The fourth-order valence-electron chi connectivity index (χ4n) is 1.41. The van der Waals surface area contributed by atoms with Gasteiger partial charge in [-0.05, 0) is 44.0 Å². The molecule has 2 nitrogen and oxygen atoms in total. The molecule has 0 amide bonds. The Morgan fingerprint density at radius 3 is 2.93 bits per heavy atom. The lowest BCUT2D eigenvalue weighted by Gasteiger charge is -2.06. The summed E-state index contributed by atoms with van der Waals surface area (Å²) in [7, 11) is 0. The number of rotatable bonds is 6. The van der Waals surface area contributed by atoms with Gasteiger partial charge in [-0.1, -0.05) is 12.1 Å². The van der Waals surface area contributed by atoms with Crippen LogP contribution in [0.2, 0.25) is 0 Å². The monoisotopic (exact) mass is 227 g/mol. The van der Waals surface area contributed by atoms with Crippen LogP contribution in [-0.2, 0) is 6.54 Å². The fraction of sp³-hybridized carbons (Fsp3) is 0.500. The summed E-state index contributed by atoms with van der Waals surface area (Å²) in [6.07, 6.45) is 2.12. The number of hydrogen-bond acceptors (Lipinski definition) is 2. The molecule has 0 heterocycles. The quantitative estimate of drug-likeness (QED) is 0.579. The molecule has 0 radical (unpaired) electrons. The van der Waals surface area contributed by atoms with Crippen molar-refractivity contribution >= 4 is 11.6 Å². The average molecular weight is 228 g/mol. The van der Waals surface area contributed by atoms with Gasteiger partial charge in [-0.25, -0.2) is 0 Å². The maximum atomic E-state index is 9.24. The molecule has 3 heteroatoms. The van der Waals surface area contributed by atoms with Gasteiger partial charge in [0.15, 0.2) is 0 Å². The maximum Gasteiger partial charge on any atom is 0.115 e. The Bertz CT molecular complexity index is 289. The van der Waals surface area contributed by atoms with Crippen molar-refractivity contribution in [1.82, 2.24) is 5.32 Å². The number of aromatic hydroxyl groups is 1. The molecule has 1 aromatic rings. The summed E-state index contributed by atoms with van der Waals surface area (Å²) in [5.74, 6) is 0.323. The molecule has 0 aliphatic rings. The van der Waals surface area contributed by atoms with Crippen LogP contribution in [0.15, 0.2) is 24.3 Å². The predicted molar refractivity (Wildman–Crippen MR) is 64.4 cm³/mol. The zero-order chi connectivity index (χ0) is 11.1. The van der Waals surface area contributed by atoms with Crippen LogP contribution in [0.4, 0.5) is 0 Å². The first-order valence-corrected chi connectivity index (χ1v) is 5.75. The summed E-state index contributed by atoms with van der Waals surface area (Å²) in [6.45, 7) is 3.77. The molecule has 0 aliphatic carbocycles. The van der Waals surface area contributed by atoms with Gasteiger partial charge in [0.1, 0.15) is 5.75 Å². The standard InChI is InChI=1S/C12H18ClNO/c1-10(13)4-3-7-14-9-11-5-2-6-12(15)8-11/h2,5-6,8,10,14-15H,3-4,7,9H2,1H3. The van der Waals surface area contributed by atoms with E-state index in [1.54, 1.807) is 12.1 Å². The third kappa shape index (κ3) is 5.65. The first kappa shape index (κ1) is 12.3. The Hall–Kier alpha value is -0.730. The van der Waals surface area contributed by atoms with Crippen LogP contribution in [0.5, 0.6) is 5.75 Å². The van der Waals surface area contributed by atoms with Gasteiger partial charge in [-0.2, -0.15) is 0 Å². The lowest BCUT2D eigenvalue weighted by Crippen LogP contribution is -2.15. The molecule has 0 saturated heterocycles. The molecule has 0 aromatic heterocycles. The van der Waals surface area contributed by atoms with E-state index in [2.05, 4.69) is 5.32 Å². The molecule has 1 aromatic carbocycles. The van der Waals surface area contributed by atoms with Gasteiger partial charge < -0.3 is 10.4 Å². The van der Waals surface area contributed by atoms with E-state index in [-0.39, 0.29) is 5.38 Å². The van der Waals surface area contributed by atoms with Gasteiger partial charge in [0, 0.05) is 11.9 Å². The Labute approximate surface area is 96.3 Å². The molecule has 1 unspecified atom stereocenters. The van der Waals surface area contributed by atoms with E-state index in [0.717, 1.165) is 31.5 Å². The second kappa shape index (κ2) is 6.70. The molecule has 84 valence electrons. The number of halogens is 1. The van der Waals surface area contributed by atoms with Crippen molar-refractivity contribution in [3.63, 3.8) is 0 Å². The fourth-order valence-corrected chi connectivity index (χ4v) is 1.56. The van der Waals surface area contributed by atoms with Crippen molar-refractivity contribution in [2.75, 3.05) is 6.54 Å². The Balaban J connectivity index is 2.15. The third-order valence-corrected chi connectivity index (χ3v) is 2.41. The van der Waals surface area contributed by atoms with Crippen molar-refractivity contribution in [2.24, 2.45) is 0 Å². The van der Waals surface area contributed by atoms with E-state index in [1.165, 1.54) is 0 Å². The van der Waals surface area contributed by atoms with Crippen molar-refractivity contribution in [1.29, 1.82) is 0 Å². The minimum Gasteiger partial charge on any atom is -0.508 e. The molecule has 0 aliphatic heterocycles. The van der Waals surface area contributed by atoms with Gasteiger partial charge >= 0.3 is 0 Å². The smallest absolute Gasteiger partial charge is 0.115 e. The molecule has 0 bridgehead atoms. The van der Waals surface area contributed by atoms with Gasteiger partial charge in [0.05, 0.1) is 0 Å². The van der Waals surface area contributed by atoms with Crippen LogP contribution >= 0.6 is 11.6 Å². The SMILES string of the molecule is CC(Cl)CCCNCc1cccc(O)c1. The second-order valence-electron chi connectivity index (χ2n) is 3.77. The molecule has 0 spiro atoms. The lowest BCUT2D eigenvalue weighted by molar-refractivity contribution is 0.474. The van der Waals surface area contributed by atoms with Crippen molar-refractivity contribution in [2.45, 2.75) is 31.7 Å². The number of phenols is 1. The van der Waals surface area contributed by atoms with E-state index >= 15 is 0 Å². The van der Waals surface area contributed by atoms with E-state index in [9.17, 15) is 5.11 Å². The van der Waals surface area contributed by atoms with Crippen LogP contribution in [0.3, 0.4) is 0 Å². The summed E-state index contributed by atoms with van der Waals surface area (Å²) in [4.78, 5) is 0. The summed E-state index contributed by atoms with van der Waals surface area (Å²) in [5, 5.41) is 12.8. The molecule has 1 rings (SSSR count). The number of benzene rings is 1. The van der Waals surface area contributed by atoms with Gasteiger partial charge in [-0.15, -0.1) is 11.6 Å². The summed E-state index contributed by atoms with van der Waals surface area (Å²) >= 11 is 5.83. The normalized spacial score (nSPS) is 12.7. The Kier molecular flexibility index (Phi) is 5.51. The first-order valence-electron chi connectivity index (χ1n) is 5.31. The first-order chi connectivity index (χ1) is 7.18. The molecule has 1 atom stereocenters. The van der Waals surface area contributed by atoms with Crippen LogP contribution in [0.25, 0.3) is 0 Å². The second-order valence-corrected chi connectivity index (χ2v) is 4.51.